The van der Waals surface area contributed by atoms with Crippen LogP contribution in [0.2, 0.25) is 0 Å². The zero-order valence-electron chi connectivity index (χ0n) is 23.7. The van der Waals surface area contributed by atoms with Crippen molar-refractivity contribution in [3.8, 4) is 11.5 Å². The number of aliphatic hydroxyl groups excluding tert-OH is 1. The number of ether oxygens (including phenoxy) is 3. The smallest absolute Gasteiger partial charge is 0.407 e. The zero-order chi connectivity index (χ0) is 29.2. The zero-order valence-corrected chi connectivity index (χ0v) is 24.5. The summed E-state index contributed by atoms with van der Waals surface area (Å²) in [7, 11) is -2.44. The molecule has 0 bridgehead atoms. The Hall–Kier alpha value is -3.08. The molecule has 2 rings (SSSR count). The highest BCUT2D eigenvalue weighted by Gasteiger charge is 2.32. The van der Waals surface area contributed by atoms with Gasteiger partial charge in [-0.05, 0) is 75.1 Å². The lowest BCUT2D eigenvalue weighted by molar-refractivity contribution is 0.0400. The number of carbonyl (C=O) groups is 1. The van der Waals surface area contributed by atoms with E-state index in [9.17, 15) is 18.3 Å². The number of alkyl carbamates (subject to hydrolysis) is 1. The van der Waals surface area contributed by atoms with Gasteiger partial charge in [0.1, 0.15) is 23.7 Å². The molecule has 216 valence electrons. The van der Waals surface area contributed by atoms with Crippen LogP contribution >= 0.6 is 0 Å². The molecule has 39 heavy (non-hydrogen) atoms. The van der Waals surface area contributed by atoms with E-state index in [0.717, 1.165) is 5.56 Å². The molecule has 1 amide bonds. The van der Waals surface area contributed by atoms with Crippen LogP contribution in [0.1, 0.15) is 40.2 Å². The van der Waals surface area contributed by atoms with Crippen LogP contribution in [0, 0.1) is 5.92 Å². The number of hydrogen-bond acceptors (Lipinski definition) is 7. The molecule has 0 heterocycles. The minimum absolute atomic E-state index is 0.00871. The first-order valence-corrected chi connectivity index (χ1v) is 14.3. The highest BCUT2D eigenvalue weighted by molar-refractivity contribution is 7.89. The summed E-state index contributed by atoms with van der Waals surface area (Å²) in [5, 5.41) is 14.1. The minimum Gasteiger partial charge on any atom is -0.497 e. The molecule has 2 aromatic carbocycles. The van der Waals surface area contributed by atoms with Crippen LogP contribution in [0.15, 0.2) is 66.1 Å². The molecule has 2 atom stereocenters. The molecular formula is C29H42N2O7S. The van der Waals surface area contributed by atoms with Crippen LogP contribution < -0.4 is 14.8 Å². The molecule has 0 aliphatic heterocycles. The maximum absolute atomic E-state index is 13.6. The Morgan fingerprint density at radius 3 is 2.15 bits per heavy atom. The first kappa shape index (κ1) is 32.1. The summed E-state index contributed by atoms with van der Waals surface area (Å²) in [6.45, 7) is 13.0. The summed E-state index contributed by atoms with van der Waals surface area (Å²) < 4.78 is 44.5. The Morgan fingerprint density at radius 2 is 1.64 bits per heavy atom. The van der Waals surface area contributed by atoms with Crippen LogP contribution in [0.25, 0.3) is 0 Å². The van der Waals surface area contributed by atoms with E-state index < -0.39 is 33.9 Å². The van der Waals surface area contributed by atoms with Crippen LogP contribution in [0.4, 0.5) is 4.79 Å². The van der Waals surface area contributed by atoms with Crippen LogP contribution in [0.3, 0.4) is 0 Å². The van der Waals surface area contributed by atoms with E-state index in [1.54, 1.807) is 51.1 Å². The maximum Gasteiger partial charge on any atom is 0.407 e. The molecule has 2 N–H and O–H groups in total. The number of hydrogen-bond donors (Lipinski definition) is 2. The molecule has 0 aliphatic carbocycles. The standard InChI is InChI=1S/C29H42N2O7S/c1-8-17-37-24-11-9-22(10-12-24)18-26(30-28(33)38-29(4,5)6)27(32)20-31(19-21(2)3)39(34,35)25-15-13-23(36-7)14-16-25/h8-16,21,26-27,32H,1,17-20H2,2-7H3,(H,30,33)/t26-,27+/m0/s1. The Balaban J connectivity index is 2.32. The lowest BCUT2D eigenvalue weighted by Gasteiger charge is -2.31. The summed E-state index contributed by atoms with van der Waals surface area (Å²) in [5.41, 5.74) is 0.0694. The molecular weight excluding hydrogens is 520 g/mol. The molecule has 0 aromatic heterocycles. The molecule has 10 heteroatoms. The number of sulfonamides is 1. The van der Waals surface area contributed by atoms with Gasteiger partial charge in [-0.3, -0.25) is 0 Å². The highest BCUT2D eigenvalue weighted by Crippen LogP contribution is 2.22. The number of nitrogens with one attached hydrogen (secondary N) is 1. The molecule has 0 unspecified atom stereocenters. The maximum atomic E-state index is 13.6. The van der Waals surface area contributed by atoms with Crippen LogP contribution in [0.5, 0.6) is 11.5 Å². The number of benzene rings is 2. The SMILES string of the molecule is C=CCOc1ccc(C[C@H](NC(=O)OC(C)(C)C)[C@H](O)CN(CC(C)C)S(=O)(=O)c2ccc(OC)cc2)cc1. The fraction of sp³-hybridized carbons (Fsp3) is 0.483. The second-order valence-corrected chi connectivity index (χ2v) is 12.6. The van der Waals surface area contributed by atoms with E-state index in [1.165, 1.54) is 23.5 Å². The normalized spacial score (nSPS) is 13.6. The van der Waals surface area contributed by atoms with Gasteiger partial charge < -0.3 is 24.6 Å². The van der Waals surface area contributed by atoms with Crippen LogP contribution in [-0.4, -0.2) is 68.5 Å². The van der Waals surface area contributed by atoms with Gasteiger partial charge in [0.25, 0.3) is 0 Å². The van der Waals surface area contributed by atoms with E-state index >= 15 is 0 Å². The fourth-order valence-corrected chi connectivity index (χ4v) is 5.41. The van der Waals surface area contributed by atoms with Gasteiger partial charge in [-0.2, -0.15) is 4.31 Å². The molecule has 2 aromatic rings. The minimum atomic E-state index is -3.95. The number of carbonyl (C=O) groups excluding carboxylic acids is 1. The Labute approximate surface area is 232 Å². The average Bonchev–Trinajstić information content (AvgIpc) is 2.86. The van der Waals surface area contributed by atoms with Gasteiger partial charge in [-0.1, -0.05) is 38.6 Å². The second kappa shape index (κ2) is 14.3. The molecule has 0 spiro atoms. The molecule has 0 saturated heterocycles. The van der Waals surface area contributed by atoms with Gasteiger partial charge in [0.15, 0.2) is 0 Å². The van der Waals surface area contributed by atoms with Crippen molar-refractivity contribution in [2.75, 3.05) is 26.8 Å². The first-order chi connectivity index (χ1) is 18.2. The number of methoxy groups -OCH3 is 1. The summed E-state index contributed by atoms with van der Waals surface area (Å²) in [4.78, 5) is 12.7. The Bertz CT molecular complexity index is 1160. The van der Waals surface area contributed by atoms with Gasteiger partial charge in [0.2, 0.25) is 10.0 Å². The Morgan fingerprint density at radius 1 is 1.05 bits per heavy atom. The number of nitrogens with zero attached hydrogens (tertiary/aromatic N) is 1. The van der Waals surface area contributed by atoms with E-state index in [-0.39, 0.29) is 30.3 Å². The van der Waals surface area contributed by atoms with Gasteiger partial charge >= 0.3 is 6.09 Å². The molecule has 9 nitrogen and oxygen atoms in total. The van der Waals surface area contributed by atoms with Crippen molar-refractivity contribution in [1.82, 2.24) is 9.62 Å². The third kappa shape index (κ3) is 10.5. The number of aliphatic hydroxyl groups is 1. The highest BCUT2D eigenvalue weighted by atomic mass is 32.2. The van der Waals surface area contributed by atoms with Gasteiger partial charge in [-0.25, -0.2) is 13.2 Å². The predicted molar refractivity (Wildman–Crippen MR) is 152 cm³/mol. The monoisotopic (exact) mass is 562 g/mol. The Kier molecular flexibility index (Phi) is 11.8. The van der Waals surface area contributed by atoms with E-state index in [4.69, 9.17) is 14.2 Å². The third-order valence-corrected chi connectivity index (χ3v) is 7.42. The van der Waals surface area contributed by atoms with Crippen molar-refractivity contribution in [2.24, 2.45) is 5.92 Å². The summed E-state index contributed by atoms with van der Waals surface area (Å²) in [6, 6.07) is 12.5. The van der Waals surface area contributed by atoms with Crippen molar-refractivity contribution < 1.29 is 32.5 Å². The van der Waals surface area contributed by atoms with Crippen molar-refractivity contribution in [3.05, 3.63) is 66.7 Å². The third-order valence-electron chi connectivity index (χ3n) is 5.57. The molecule has 0 fully saturated rings. The lowest BCUT2D eigenvalue weighted by Crippen LogP contribution is -2.51. The van der Waals surface area contributed by atoms with Crippen LogP contribution in [-0.2, 0) is 21.2 Å². The summed E-state index contributed by atoms with van der Waals surface area (Å²) >= 11 is 0. The van der Waals surface area contributed by atoms with Crippen molar-refractivity contribution in [3.63, 3.8) is 0 Å². The quantitative estimate of drug-likeness (QED) is 0.328. The average molecular weight is 563 g/mol. The van der Waals surface area contributed by atoms with Crippen molar-refractivity contribution in [2.45, 2.75) is 63.7 Å². The van der Waals surface area contributed by atoms with E-state index in [2.05, 4.69) is 11.9 Å². The molecule has 0 radical (unpaired) electrons. The largest absolute Gasteiger partial charge is 0.497 e. The predicted octanol–water partition coefficient (Wildman–Crippen LogP) is 4.40. The topological polar surface area (TPSA) is 114 Å². The van der Waals surface area contributed by atoms with Gasteiger partial charge in [-0.15, -0.1) is 0 Å². The molecule has 0 saturated carbocycles. The summed E-state index contributed by atoms with van der Waals surface area (Å²) in [5.74, 6) is 1.18. The summed E-state index contributed by atoms with van der Waals surface area (Å²) in [6.07, 6.45) is -0.0549. The fourth-order valence-electron chi connectivity index (χ4n) is 3.78. The van der Waals surface area contributed by atoms with Gasteiger partial charge in [0, 0.05) is 13.1 Å². The molecule has 0 aliphatic rings. The van der Waals surface area contributed by atoms with E-state index in [1.807, 2.05) is 26.0 Å². The number of rotatable bonds is 14. The van der Waals surface area contributed by atoms with Crippen molar-refractivity contribution in [1.29, 1.82) is 0 Å². The lowest BCUT2D eigenvalue weighted by atomic mass is 10.0. The number of amides is 1. The van der Waals surface area contributed by atoms with Crippen molar-refractivity contribution >= 4 is 16.1 Å². The van der Waals surface area contributed by atoms with Gasteiger partial charge in [0.05, 0.1) is 24.2 Å². The second-order valence-electron chi connectivity index (χ2n) is 10.7. The first-order valence-electron chi connectivity index (χ1n) is 12.9. The van der Waals surface area contributed by atoms with E-state index in [0.29, 0.717) is 18.1 Å².